The van der Waals surface area contributed by atoms with Gasteiger partial charge in [0.25, 0.3) is 0 Å². The van der Waals surface area contributed by atoms with Crippen LogP contribution in [-0.4, -0.2) is 47.3 Å². The van der Waals surface area contributed by atoms with Gasteiger partial charge in [0.2, 0.25) is 0 Å². The summed E-state index contributed by atoms with van der Waals surface area (Å²) in [7, 11) is 2.11. The number of aliphatic hydroxyl groups excluding tert-OH is 1. The first kappa shape index (κ1) is 33.8. The lowest BCUT2D eigenvalue weighted by Gasteiger charge is -2.38. The molecule has 0 bridgehead atoms. The first-order valence-corrected chi connectivity index (χ1v) is 16.6. The topological polar surface area (TPSA) is 105 Å². The standard InChI is InChI=1S/C40H42N4O5/c1-44(24-22-33-7-5-6-23-41-33)27-37-25-38(31-14-12-30(28-45)13-15-31)49-39(48-37)32-16-10-29(11-17-32)26-42-40(46)43-34-18-20-36(21-19-34)47-35-8-3-2-4-9-35/h2-21,23,37-39,45H,22,24-28H2,1H3,(H2,42,43,46)/t37-,38+,39+/m1/s1. The van der Waals surface area contributed by atoms with Gasteiger partial charge in [-0.3, -0.25) is 4.98 Å². The van der Waals surface area contributed by atoms with Crippen molar-refractivity contribution in [3.05, 3.63) is 155 Å². The van der Waals surface area contributed by atoms with Crippen LogP contribution in [0.15, 0.2) is 128 Å². The average molecular weight is 659 g/mol. The molecule has 2 heterocycles. The van der Waals surface area contributed by atoms with E-state index in [0.717, 1.165) is 53.2 Å². The van der Waals surface area contributed by atoms with Crippen LogP contribution in [0.1, 0.15) is 46.8 Å². The summed E-state index contributed by atoms with van der Waals surface area (Å²) in [5, 5.41) is 15.3. The fraction of sp³-hybridized carbons (Fsp3) is 0.250. The van der Waals surface area contributed by atoms with Crippen molar-refractivity contribution < 1.29 is 24.1 Å². The van der Waals surface area contributed by atoms with Gasteiger partial charge in [-0.2, -0.15) is 0 Å². The highest BCUT2D eigenvalue weighted by atomic mass is 16.7. The number of amides is 2. The van der Waals surface area contributed by atoms with Crippen LogP contribution in [0, 0.1) is 0 Å². The minimum Gasteiger partial charge on any atom is -0.457 e. The third kappa shape index (κ3) is 9.98. The van der Waals surface area contributed by atoms with Crippen LogP contribution in [0.4, 0.5) is 10.5 Å². The highest BCUT2D eigenvalue weighted by molar-refractivity contribution is 5.89. The fourth-order valence-corrected chi connectivity index (χ4v) is 5.70. The molecule has 4 aromatic carbocycles. The number of nitrogens with zero attached hydrogens (tertiary/aromatic N) is 2. The molecule has 49 heavy (non-hydrogen) atoms. The number of ether oxygens (including phenoxy) is 3. The number of para-hydroxylation sites is 1. The molecule has 1 aromatic heterocycles. The second-order valence-electron chi connectivity index (χ2n) is 12.2. The number of nitrogens with one attached hydrogen (secondary N) is 2. The van der Waals surface area contributed by atoms with E-state index in [1.165, 1.54) is 0 Å². The van der Waals surface area contributed by atoms with Crippen molar-refractivity contribution >= 4 is 11.7 Å². The predicted molar refractivity (Wildman–Crippen MR) is 189 cm³/mol. The Kier molecular flexibility index (Phi) is 11.6. The molecule has 0 spiro atoms. The van der Waals surface area contributed by atoms with E-state index < -0.39 is 6.29 Å². The molecular formula is C40H42N4O5. The van der Waals surface area contributed by atoms with Gasteiger partial charge in [0.05, 0.1) is 18.8 Å². The molecule has 0 unspecified atom stereocenters. The summed E-state index contributed by atoms with van der Waals surface area (Å²) in [5.41, 5.74) is 5.50. The van der Waals surface area contributed by atoms with Gasteiger partial charge < -0.3 is 34.9 Å². The Labute approximate surface area is 287 Å². The third-order valence-corrected chi connectivity index (χ3v) is 8.40. The average Bonchev–Trinajstić information content (AvgIpc) is 3.15. The van der Waals surface area contributed by atoms with Gasteiger partial charge in [-0.25, -0.2) is 4.79 Å². The molecule has 1 saturated heterocycles. The highest BCUT2D eigenvalue weighted by Crippen LogP contribution is 2.38. The number of pyridine rings is 1. The van der Waals surface area contributed by atoms with E-state index in [9.17, 15) is 9.90 Å². The maximum atomic E-state index is 12.6. The molecule has 252 valence electrons. The third-order valence-electron chi connectivity index (χ3n) is 8.40. The first-order chi connectivity index (χ1) is 24.0. The monoisotopic (exact) mass is 658 g/mol. The molecule has 6 rings (SSSR count). The van der Waals surface area contributed by atoms with E-state index in [1.54, 1.807) is 12.1 Å². The number of carbonyl (C=O) groups is 1. The molecule has 2 amide bonds. The molecule has 1 aliphatic heterocycles. The van der Waals surface area contributed by atoms with Crippen molar-refractivity contribution in [3.8, 4) is 11.5 Å². The molecule has 0 saturated carbocycles. The molecule has 1 aliphatic rings. The Morgan fingerprint density at radius 2 is 1.53 bits per heavy atom. The van der Waals surface area contributed by atoms with Gasteiger partial charge in [-0.1, -0.05) is 72.8 Å². The SMILES string of the molecule is CN(CCc1ccccn1)C[C@H]1C[C@@H](c2ccc(CO)cc2)O[C@@H](c2ccc(CNC(=O)Nc3ccc(Oc4ccccc4)cc3)cc2)O1. The van der Waals surface area contributed by atoms with Crippen molar-refractivity contribution in [2.75, 3.05) is 25.5 Å². The van der Waals surface area contributed by atoms with Crippen LogP contribution in [-0.2, 0) is 29.0 Å². The summed E-state index contributed by atoms with van der Waals surface area (Å²) in [6, 6.07) is 38.3. The number of benzene rings is 4. The zero-order chi connectivity index (χ0) is 33.8. The van der Waals surface area contributed by atoms with Crippen LogP contribution in [0.25, 0.3) is 0 Å². The number of rotatable bonds is 13. The normalized spacial score (nSPS) is 17.4. The van der Waals surface area contributed by atoms with Crippen molar-refractivity contribution in [1.29, 1.82) is 0 Å². The Morgan fingerprint density at radius 3 is 2.24 bits per heavy atom. The van der Waals surface area contributed by atoms with E-state index >= 15 is 0 Å². The minimum atomic E-state index is -0.551. The van der Waals surface area contributed by atoms with E-state index in [-0.39, 0.29) is 24.8 Å². The van der Waals surface area contributed by atoms with Crippen LogP contribution in [0.2, 0.25) is 0 Å². The van der Waals surface area contributed by atoms with Gasteiger partial charge in [0.15, 0.2) is 6.29 Å². The van der Waals surface area contributed by atoms with Crippen molar-refractivity contribution in [1.82, 2.24) is 15.2 Å². The molecule has 3 atom stereocenters. The Hall–Kier alpha value is -5.06. The number of hydrogen-bond acceptors (Lipinski definition) is 7. The highest BCUT2D eigenvalue weighted by Gasteiger charge is 2.32. The number of aliphatic hydroxyl groups is 1. The Morgan fingerprint density at radius 1 is 0.837 bits per heavy atom. The maximum absolute atomic E-state index is 12.6. The predicted octanol–water partition coefficient (Wildman–Crippen LogP) is 7.41. The minimum absolute atomic E-state index is 0.00180. The number of urea groups is 1. The van der Waals surface area contributed by atoms with E-state index in [1.807, 2.05) is 115 Å². The lowest BCUT2D eigenvalue weighted by Crippen LogP contribution is -2.38. The zero-order valence-electron chi connectivity index (χ0n) is 27.6. The maximum Gasteiger partial charge on any atom is 0.319 e. The fourth-order valence-electron chi connectivity index (χ4n) is 5.70. The van der Waals surface area contributed by atoms with Crippen molar-refractivity contribution in [2.24, 2.45) is 0 Å². The quantitative estimate of drug-likeness (QED) is 0.121. The lowest BCUT2D eigenvalue weighted by molar-refractivity contribution is -0.252. The number of hydrogen-bond donors (Lipinski definition) is 3. The van der Waals surface area contributed by atoms with Crippen LogP contribution in [0.3, 0.4) is 0 Å². The summed E-state index contributed by atoms with van der Waals surface area (Å²) >= 11 is 0. The Balaban J connectivity index is 1.04. The van der Waals surface area contributed by atoms with E-state index in [2.05, 4.69) is 27.6 Å². The van der Waals surface area contributed by atoms with E-state index in [4.69, 9.17) is 14.2 Å². The zero-order valence-corrected chi connectivity index (χ0v) is 27.6. The van der Waals surface area contributed by atoms with Crippen LogP contribution < -0.4 is 15.4 Å². The van der Waals surface area contributed by atoms with Crippen LogP contribution in [0.5, 0.6) is 11.5 Å². The number of anilines is 1. The molecule has 3 N–H and O–H groups in total. The molecule has 0 radical (unpaired) electrons. The molecule has 5 aromatic rings. The molecule has 1 fully saturated rings. The smallest absolute Gasteiger partial charge is 0.319 e. The van der Waals surface area contributed by atoms with Gasteiger partial charge >= 0.3 is 6.03 Å². The number of aromatic nitrogens is 1. The van der Waals surface area contributed by atoms with Gasteiger partial charge in [0.1, 0.15) is 11.5 Å². The summed E-state index contributed by atoms with van der Waals surface area (Å²) in [6.45, 7) is 1.97. The van der Waals surface area contributed by atoms with Crippen molar-refractivity contribution in [2.45, 2.75) is 44.5 Å². The Bertz CT molecular complexity index is 1740. The molecule has 9 heteroatoms. The number of carbonyl (C=O) groups excluding carboxylic acids is 1. The van der Waals surface area contributed by atoms with Gasteiger partial charge in [-0.05, 0) is 72.3 Å². The summed E-state index contributed by atoms with van der Waals surface area (Å²) in [4.78, 5) is 19.4. The van der Waals surface area contributed by atoms with Crippen LogP contribution >= 0.6 is 0 Å². The second kappa shape index (κ2) is 16.9. The second-order valence-corrected chi connectivity index (χ2v) is 12.2. The summed E-state index contributed by atoms with van der Waals surface area (Å²) in [6.07, 6.45) is 2.63. The van der Waals surface area contributed by atoms with Gasteiger partial charge in [0, 0.05) is 55.6 Å². The molecule has 9 nitrogen and oxygen atoms in total. The summed E-state index contributed by atoms with van der Waals surface area (Å²) in [5.74, 6) is 1.44. The largest absolute Gasteiger partial charge is 0.457 e. The molecule has 0 aliphatic carbocycles. The van der Waals surface area contributed by atoms with Gasteiger partial charge in [-0.15, -0.1) is 0 Å². The van der Waals surface area contributed by atoms with Crippen molar-refractivity contribution in [3.63, 3.8) is 0 Å². The summed E-state index contributed by atoms with van der Waals surface area (Å²) < 4.78 is 18.9. The lowest BCUT2D eigenvalue weighted by atomic mass is 9.99. The first-order valence-electron chi connectivity index (χ1n) is 16.6. The van der Waals surface area contributed by atoms with E-state index in [0.29, 0.717) is 24.4 Å². The number of likely N-dealkylation sites (N-methyl/N-ethyl adjacent to an activating group) is 1. The molecular weight excluding hydrogens is 616 g/mol.